The van der Waals surface area contributed by atoms with Gasteiger partial charge >= 0.3 is 0 Å². The van der Waals surface area contributed by atoms with E-state index in [4.69, 9.17) is 4.74 Å². The summed E-state index contributed by atoms with van der Waals surface area (Å²) in [5, 5.41) is 2.42. The highest BCUT2D eigenvalue weighted by Crippen LogP contribution is 2.22. The molecule has 0 aliphatic heterocycles. The summed E-state index contributed by atoms with van der Waals surface area (Å²) in [7, 11) is 1.69. The minimum atomic E-state index is 0.894. The topological polar surface area (TPSA) is 9.23 Å². The van der Waals surface area contributed by atoms with Crippen LogP contribution < -0.4 is 4.74 Å². The van der Waals surface area contributed by atoms with E-state index in [0.29, 0.717) is 0 Å². The number of hydrogen-bond acceptors (Lipinski definition) is 1. The van der Waals surface area contributed by atoms with Gasteiger partial charge in [0.05, 0.1) is 7.11 Å². The lowest BCUT2D eigenvalue weighted by Gasteiger charge is -2.03. The summed E-state index contributed by atoms with van der Waals surface area (Å²) in [6.45, 7) is 0. The van der Waals surface area contributed by atoms with Crippen LogP contribution in [0.5, 0.6) is 5.75 Å². The highest BCUT2D eigenvalue weighted by molar-refractivity contribution is 5.87. The van der Waals surface area contributed by atoms with Crippen molar-refractivity contribution in [3.05, 3.63) is 77.9 Å². The maximum atomic E-state index is 5.24. The van der Waals surface area contributed by atoms with Gasteiger partial charge in [-0.25, -0.2) is 0 Å². The molecule has 0 bridgehead atoms. The molecule has 3 aromatic rings. The molecule has 0 aliphatic carbocycles. The van der Waals surface area contributed by atoms with E-state index < -0.39 is 0 Å². The van der Waals surface area contributed by atoms with E-state index in [2.05, 4.69) is 54.6 Å². The molecule has 0 saturated heterocycles. The monoisotopic (exact) mass is 260 g/mol. The molecular formula is C19H16O. The molecule has 0 aromatic heterocycles. The van der Waals surface area contributed by atoms with Crippen molar-refractivity contribution in [2.24, 2.45) is 0 Å². The number of methoxy groups -OCH3 is 1. The van der Waals surface area contributed by atoms with Gasteiger partial charge in [0.25, 0.3) is 0 Å². The first-order valence-electron chi connectivity index (χ1n) is 6.66. The Kier molecular flexibility index (Phi) is 3.51. The first-order valence-corrected chi connectivity index (χ1v) is 6.66. The molecule has 0 N–H and O–H groups in total. The Morgan fingerprint density at radius 1 is 0.700 bits per heavy atom. The van der Waals surface area contributed by atoms with Gasteiger partial charge in [-0.2, -0.15) is 0 Å². The quantitative estimate of drug-likeness (QED) is 0.601. The minimum Gasteiger partial charge on any atom is -0.497 e. The summed E-state index contributed by atoms with van der Waals surface area (Å²) >= 11 is 0. The van der Waals surface area contributed by atoms with E-state index in [0.717, 1.165) is 5.75 Å². The maximum Gasteiger partial charge on any atom is 0.119 e. The zero-order valence-corrected chi connectivity index (χ0v) is 11.4. The molecule has 0 unspecified atom stereocenters. The highest BCUT2D eigenvalue weighted by atomic mass is 16.5. The summed E-state index contributed by atoms with van der Waals surface area (Å²) < 4.78 is 5.24. The van der Waals surface area contributed by atoms with Gasteiger partial charge in [0.2, 0.25) is 0 Å². The third kappa shape index (κ3) is 2.72. The van der Waals surface area contributed by atoms with Gasteiger partial charge in [-0.05, 0) is 40.1 Å². The van der Waals surface area contributed by atoms with Crippen LogP contribution in [0.25, 0.3) is 22.9 Å². The highest BCUT2D eigenvalue weighted by Gasteiger charge is 1.97. The fourth-order valence-electron chi connectivity index (χ4n) is 2.23. The Balaban J connectivity index is 1.91. The first-order chi connectivity index (χ1) is 9.85. The zero-order chi connectivity index (χ0) is 13.8. The maximum absolute atomic E-state index is 5.24. The molecule has 3 rings (SSSR count). The van der Waals surface area contributed by atoms with Gasteiger partial charge in [0, 0.05) is 0 Å². The number of fused-ring (bicyclic) bond motifs is 1. The molecule has 0 spiro atoms. The van der Waals surface area contributed by atoms with Crippen LogP contribution in [0.4, 0.5) is 0 Å². The van der Waals surface area contributed by atoms with Crippen LogP contribution in [0.3, 0.4) is 0 Å². The zero-order valence-electron chi connectivity index (χ0n) is 11.4. The van der Waals surface area contributed by atoms with Crippen molar-refractivity contribution in [2.75, 3.05) is 7.11 Å². The summed E-state index contributed by atoms with van der Waals surface area (Å²) in [6.07, 6.45) is 4.27. The summed E-state index contributed by atoms with van der Waals surface area (Å²) in [5.74, 6) is 0.894. The number of benzene rings is 3. The van der Waals surface area contributed by atoms with Crippen LogP contribution in [0.1, 0.15) is 11.1 Å². The van der Waals surface area contributed by atoms with Gasteiger partial charge in [-0.15, -0.1) is 0 Å². The standard InChI is InChI=1S/C19H16O/c1-20-19-12-11-17-13-16(9-10-18(17)14-19)8-7-15-5-3-2-4-6-15/h2-14H,1H3. The smallest absolute Gasteiger partial charge is 0.119 e. The van der Waals surface area contributed by atoms with E-state index in [1.807, 2.05) is 24.3 Å². The average molecular weight is 260 g/mol. The molecule has 0 aliphatic rings. The van der Waals surface area contributed by atoms with Gasteiger partial charge < -0.3 is 4.74 Å². The molecule has 1 heteroatoms. The van der Waals surface area contributed by atoms with E-state index in [1.54, 1.807) is 7.11 Å². The molecule has 0 saturated carbocycles. The SMILES string of the molecule is COc1ccc2cc(C=Cc3ccccc3)ccc2c1. The Labute approximate surface area is 119 Å². The van der Waals surface area contributed by atoms with Crippen molar-refractivity contribution in [3.8, 4) is 5.75 Å². The molecule has 1 nitrogen and oxygen atoms in total. The van der Waals surface area contributed by atoms with Crippen molar-refractivity contribution < 1.29 is 4.74 Å². The second kappa shape index (κ2) is 5.62. The van der Waals surface area contributed by atoms with Gasteiger partial charge in [-0.3, -0.25) is 0 Å². The Morgan fingerprint density at radius 3 is 2.20 bits per heavy atom. The van der Waals surface area contributed by atoms with E-state index in [-0.39, 0.29) is 0 Å². The molecule has 0 amide bonds. The predicted octanol–water partition coefficient (Wildman–Crippen LogP) is 5.02. The Hall–Kier alpha value is -2.54. The van der Waals surface area contributed by atoms with Crippen molar-refractivity contribution in [1.82, 2.24) is 0 Å². The fraction of sp³-hybridized carbons (Fsp3) is 0.0526. The van der Waals surface area contributed by atoms with E-state index in [9.17, 15) is 0 Å². The van der Waals surface area contributed by atoms with Gasteiger partial charge in [0.15, 0.2) is 0 Å². The fourth-order valence-corrected chi connectivity index (χ4v) is 2.23. The van der Waals surface area contributed by atoms with Crippen molar-refractivity contribution in [2.45, 2.75) is 0 Å². The van der Waals surface area contributed by atoms with E-state index >= 15 is 0 Å². The molecule has 98 valence electrons. The number of ether oxygens (including phenoxy) is 1. The Morgan fingerprint density at radius 2 is 1.40 bits per heavy atom. The van der Waals surface area contributed by atoms with Crippen molar-refractivity contribution >= 4 is 22.9 Å². The molecular weight excluding hydrogens is 244 g/mol. The molecule has 0 radical (unpaired) electrons. The summed E-state index contributed by atoms with van der Waals surface area (Å²) in [5.41, 5.74) is 2.41. The lowest BCUT2D eigenvalue weighted by atomic mass is 10.1. The normalized spacial score (nSPS) is 11.1. The average Bonchev–Trinajstić information content (AvgIpc) is 2.53. The third-order valence-corrected chi connectivity index (χ3v) is 3.34. The van der Waals surface area contributed by atoms with Crippen LogP contribution in [-0.4, -0.2) is 7.11 Å². The second-order valence-electron chi connectivity index (χ2n) is 4.72. The lowest BCUT2D eigenvalue weighted by molar-refractivity contribution is 0.415. The first kappa shape index (κ1) is 12.5. The van der Waals surface area contributed by atoms with Crippen LogP contribution in [0.15, 0.2) is 66.7 Å². The third-order valence-electron chi connectivity index (χ3n) is 3.34. The molecule has 0 heterocycles. The molecule has 20 heavy (non-hydrogen) atoms. The van der Waals surface area contributed by atoms with Crippen LogP contribution in [0.2, 0.25) is 0 Å². The number of rotatable bonds is 3. The van der Waals surface area contributed by atoms with Crippen LogP contribution in [-0.2, 0) is 0 Å². The minimum absolute atomic E-state index is 0.894. The second-order valence-corrected chi connectivity index (χ2v) is 4.72. The van der Waals surface area contributed by atoms with Gasteiger partial charge in [0.1, 0.15) is 5.75 Å². The van der Waals surface area contributed by atoms with Crippen LogP contribution >= 0.6 is 0 Å². The largest absolute Gasteiger partial charge is 0.497 e. The number of hydrogen-bond donors (Lipinski definition) is 0. The lowest BCUT2D eigenvalue weighted by Crippen LogP contribution is -1.82. The van der Waals surface area contributed by atoms with Gasteiger partial charge in [-0.1, -0.05) is 60.7 Å². The van der Waals surface area contributed by atoms with Crippen LogP contribution in [0, 0.1) is 0 Å². The van der Waals surface area contributed by atoms with E-state index in [1.165, 1.54) is 21.9 Å². The summed E-state index contributed by atoms with van der Waals surface area (Å²) in [6, 6.07) is 22.9. The predicted molar refractivity (Wildman–Crippen MR) is 85.9 cm³/mol. The molecule has 3 aromatic carbocycles. The molecule has 0 fully saturated rings. The van der Waals surface area contributed by atoms with Crippen molar-refractivity contribution in [1.29, 1.82) is 0 Å². The Bertz CT molecular complexity index is 742. The summed E-state index contributed by atoms with van der Waals surface area (Å²) in [4.78, 5) is 0. The molecule has 0 atom stereocenters. The van der Waals surface area contributed by atoms with Crippen molar-refractivity contribution in [3.63, 3.8) is 0 Å².